The molecule has 3 rings (SSSR count). The Kier molecular flexibility index (Phi) is 4.85. The number of aliphatic hydroxyl groups is 2. The van der Waals surface area contributed by atoms with Gasteiger partial charge < -0.3 is 24.8 Å². The van der Waals surface area contributed by atoms with Crippen LogP contribution in [0, 0.1) is 0 Å². The first-order valence-electron chi connectivity index (χ1n) is 7.70. The summed E-state index contributed by atoms with van der Waals surface area (Å²) in [5, 5.41) is 28.9. The van der Waals surface area contributed by atoms with Crippen molar-refractivity contribution in [1.29, 1.82) is 0 Å². The topological polar surface area (TPSA) is 82.5 Å². The summed E-state index contributed by atoms with van der Waals surface area (Å²) in [6, 6.07) is 9.07. The lowest BCUT2D eigenvalue weighted by atomic mass is 10.0. The van der Waals surface area contributed by atoms with Crippen LogP contribution in [-0.2, 0) is 18.0 Å². The summed E-state index contributed by atoms with van der Waals surface area (Å²) in [5.74, 6) is 0.761. The van der Waals surface area contributed by atoms with Crippen LogP contribution in [0.4, 0.5) is 0 Å². The highest BCUT2D eigenvalue weighted by Crippen LogP contribution is 2.36. The quantitative estimate of drug-likeness (QED) is 0.561. The second-order valence-electron chi connectivity index (χ2n) is 5.65. The zero-order chi connectivity index (χ0) is 17.1. The molecule has 1 fully saturated rings. The lowest BCUT2D eigenvalue weighted by Gasteiger charge is -2.12. The van der Waals surface area contributed by atoms with Crippen molar-refractivity contribution in [2.75, 3.05) is 13.7 Å². The maximum absolute atomic E-state index is 10.0. The van der Waals surface area contributed by atoms with Crippen LogP contribution in [0.25, 0.3) is 12.2 Å². The third-order valence-electron chi connectivity index (χ3n) is 4.08. The molecule has 0 bridgehead atoms. The number of benzene rings is 2. The van der Waals surface area contributed by atoms with E-state index >= 15 is 0 Å². The summed E-state index contributed by atoms with van der Waals surface area (Å²) in [4.78, 5) is 0. The van der Waals surface area contributed by atoms with Gasteiger partial charge >= 0.3 is 0 Å². The Morgan fingerprint density at radius 2 is 1.88 bits per heavy atom. The number of epoxide rings is 1. The first kappa shape index (κ1) is 16.5. The molecule has 1 aliphatic rings. The number of hydrogen-bond donors (Lipinski definition) is 3. The molecule has 24 heavy (non-hydrogen) atoms. The molecule has 3 N–H and O–H groups in total. The Labute approximate surface area is 140 Å². The average molecular weight is 328 g/mol. The molecule has 1 heterocycles. The van der Waals surface area contributed by atoms with Gasteiger partial charge in [-0.25, -0.2) is 0 Å². The monoisotopic (exact) mass is 328 g/mol. The molecular weight excluding hydrogens is 308 g/mol. The maximum Gasteiger partial charge on any atom is 0.125 e. The van der Waals surface area contributed by atoms with E-state index in [2.05, 4.69) is 0 Å². The third-order valence-corrected chi connectivity index (χ3v) is 4.08. The van der Waals surface area contributed by atoms with E-state index in [1.807, 2.05) is 24.3 Å². The molecular formula is C19H20O5. The molecule has 2 aromatic carbocycles. The second kappa shape index (κ2) is 7.05. The zero-order valence-corrected chi connectivity index (χ0v) is 13.4. The number of methoxy groups -OCH3 is 1. The highest BCUT2D eigenvalue weighted by atomic mass is 16.6. The molecule has 1 unspecified atom stereocenters. The fourth-order valence-electron chi connectivity index (χ4n) is 2.68. The van der Waals surface area contributed by atoms with E-state index in [4.69, 9.17) is 9.47 Å². The number of aromatic hydroxyl groups is 1. The number of hydrogen-bond acceptors (Lipinski definition) is 5. The summed E-state index contributed by atoms with van der Waals surface area (Å²) in [5.41, 5.74) is 3.71. The Morgan fingerprint density at radius 1 is 1.12 bits per heavy atom. The van der Waals surface area contributed by atoms with E-state index in [1.165, 1.54) is 7.11 Å². The molecule has 0 radical (unpaired) electrons. The standard InChI is InChI=1S/C19H20O5/c1-23-18-8-13(6-14(9-20)16(18)10-21)3-2-12-4-5-15(17(22)7-12)19-11-24-19/h2-8,19-22H,9-11H2,1H3/b3-2-. The van der Waals surface area contributed by atoms with Crippen molar-refractivity contribution in [2.24, 2.45) is 0 Å². The summed E-state index contributed by atoms with van der Waals surface area (Å²) in [6.45, 7) is 0.288. The largest absolute Gasteiger partial charge is 0.508 e. The first-order valence-corrected chi connectivity index (χ1v) is 7.70. The molecule has 0 spiro atoms. The van der Waals surface area contributed by atoms with Crippen molar-refractivity contribution in [3.05, 3.63) is 58.1 Å². The summed E-state index contributed by atoms with van der Waals surface area (Å²) in [6.07, 6.45) is 3.75. The van der Waals surface area contributed by atoms with Gasteiger partial charge in [0.2, 0.25) is 0 Å². The van der Waals surface area contributed by atoms with E-state index in [-0.39, 0.29) is 25.1 Å². The zero-order valence-electron chi connectivity index (χ0n) is 13.4. The van der Waals surface area contributed by atoms with Gasteiger partial charge in [-0.1, -0.05) is 24.3 Å². The van der Waals surface area contributed by atoms with Crippen LogP contribution in [0.15, 0.2) is 30.3 Å². The van der Waals surface area contributed by atoms with Crippen LogP contribution < -0.4 is 4.74 Å². The number of phenols is 1. The smallest absolute Gasteiger partial charge is 0.125 e. The van der Waals surface area contributed by atoms with E-state index in [1.54, 1.807) is 18.2 Å². The fourth-order valence-corrected chi connectivity index (χ4v) is 2.68. The first-order chi connectivity index (χ1) is 11.7. The lowest BCUT2D eigenvalue weighted by Crippen LogP contribution is -1.99. The van der Waals surface area contributed by atoms with Crippen molar-refractivity contribution in [3.8, 4) is 11.5 Å². The van der Waals surface area contributed by atoms with E-state index in [0.717, 1.165) is 16.7 Å². The molecule has 1 saturated heterocycles. The number of phenolic OH excluding ortho intramolecular Hbond substituents is 1. The van der Waals surface area contributed by atoms with Gasteiger partial charge in [0.25, 0.3) is 0 Å². The summed E-state index contributed by atoms with van der Waals surface area (Å²) >= 11 is 0. The maximum atomic E-state index is 10.0. The van der Waals surface area contributed by atoms with Crippen molar-refractivity contribution < 1.29 is 24.8 Å². The molecule has 0 amide bonds. The van der Waals surface area contributed by atoms with E-state index in [0.29, 0.717) is 23.5 Å². The summed E-state index contributed by atoms with van der Waals surface area (Å²) < 4.78 is 10.5. The van der Waals surface area contributed by atoms with E-state index < -0.39 is 0 Å². The molecule has 1 aliphatic heterocycles. The molecule has 1 atom stereocenters. The van der Waals surface area contributed by atoms with Crippen LogP contribution in [0.1, 0.15) is 33.9 Å². The van der Waals surface area contributed by atoms with Crippen molar-refractivity contribution in [1.82, 2.24) is 0 Å². The summed E-state index contributed by atoms with van der Waals surface area (Å²) in [7, 11) is 1.53. The van der Waals surface area contributed by atoms with Crippen molar-refractivity contribution in [3.63, 3.8) is 0 Å². The van der Waals surface area contributed by atoms with Crippen LogP contribution in [0.2, 0.25) is 0 Å². The lowest BCUT2D eigenvalue weighted by molar-refractivity contribution is 0.254. The van der Waals surface area contributed by atoms with Gasteiger partial charge in [-0.2, -0.15) is 0 Å². The predicted octanol–water partition coefficient (Wildman–Crippen LogP) is 2.63. The molecule has 0 saturated carbocycles. The number of ether oxygens (including phenoxy) is 2. The molecule has 2 aromatic rings. The van der Waals surface area contributed by atoms with E-state index in [9.17, 15) is 15.3 Å². The van der Waals surface area contributed by atoms with Gasteiger partial charge in [0.1, 0.15) is 17.6 Å². The van der Waals surface area contributed by atoms with Crippen LogP contribution in [-0.4, -0.2) is 29.0 Å². The van der Waals surface area contributed by atoms with Crippen LogP contribution in [0.3, 0.4) is 0 Å². The Balaban J connectivity index is 1.87. The predicted molar refractivity (Wildman–Crippen MR) is 90.6 cm³/mol. The van der Waals surface area contributed by atoms with Gasteiger partial charge in [0, 0.05) is 11.1 Å². The van der Waals surface area contributed by atoms with Crippen LogP contribution >= 0.6 is 0 Å². The average Bonchev–Trinajstić information content (AvgIpc) is 3.43. The Hall–Kier alpha value is -2.34. The molecule has 0 aliphatic carbocycles. The Morgan fingerprint density at radius 3 is 2.46 bits per heavy atom. The second-order valence-corrected chi connectivity index (χ2v) is 5.65. The van der Waals surface area contributed by atoms with Crippen molar-refractivity contribution >= 4 is 12.2 Å². The van der Waals surface area contributed by atoms with Gasteiger partial charge in [-0.3, -0.25) is 0 Å². The molecule has 0 aromatic heterocycles. The molecule has 5 nitrogen and oxygen atoms in total. The SMILES string of the molecule is COc1cc(/C=C\c2ccc(C3CO3)c(O)c2)cc(CO)c1CO. The normalized spacial score (nSPS) is 16.5. The number of aliphatic hydroxyl groups excluding tert-OH is 2. The highest BCUT2D eigenvalue weighted by molar-refractivity contribution is 5.72. The van der Waals surface area contributed by atoms with Gasteiger partial charge in [-0.05, 0) is 34.9 Å². The van der Waals surface area contributed by atoms with Gasteiger partial charge in [-0.15, -0.1) is 0 Å². The fraction of sp³-hybridized carbons (Fsp3) is 0.263. The minimum absolute atomic E-state index is 0.0189. The van der Waals surface area contributed by atoms with Crippen molar-refractivity contribution in [2.45, 2.75) is 19.3 Å². The van der Waals surface area contributed by atoms with Gasteiger partial charge in [0.05, 0.1) is 26.9 Å². The van der Waals surface area contributed by atoms with Gasteiger partial charge in [0.15, 0.2) is 0 Å². The molecule has 126 valence electrons. The van der Waals surface area contributed by atoms with Crippen LogP contribution in [0.5, 0.6) is 11.5 Å². The third kappa shape index (κ3) is 3.43. The molecule has 5 heteroatoms. The minimum atomic E-state index is -0.193. The highest BCUT2D eigenvalue weighted by Gasteiger charge is 2.27. The Bertz CT molecular complexity index is 737. The number of rotatable bonds is 6. The minimum Gasteiger partial charge on any atom is -0.508 e.